The topological polar surface area (TPSA) is 33.1 Å². The Hall–Kier alpha value is -2.66. The summed E-state index contributed by atoms with van der Waals surface area (Å²) in [5.41, 5.74) is 4.65. The Balaban J connectivity index is 1.86. The van der Waals surface area contributed by atoms with Crippen LogP contribution in [0.15, 0.2) is 67.0 Å². The molecule has 5 heteroatoms. The molecule has 0 amide bonds. The molecule has 0 saturated carbocycles. The van der Waals surface area contributed by atoms with E-state index >= 15 is 0 Å². The second-order valence-electron chi connectivity index (χ2n) is 7.22. The summed E-state index contributed by atoms with van der Waals surface area (Å²) in [7, 11) is 0. The van der Waals surface area contributed by atoms with Gasteiger partial charge in [0.1, 0.15) is 0 Å². The molecule has 3 heterocycles. The first-order chi connectivity index (χ1) is 13.1. The molecule has 1 N–H and O–H groups in total. The number of hydrogen-bond donors (Lipinski definition) is 1. The van der Waals surface area contributed by atoms with Gasteiger partial charge in [0.25, 0.3) is 0 Å². The average Bonchev–Trinajstić information content (AvgIpc) is 3.26. The van der Waals surface area contributed by atoms with Crippen molar-refractivity contribution in [3.05, 3.63) is 83.9 Å². The van der Waals surface area contributed by atoms with Crippen LogP contribution in [0.25, 0.3) is 5.69 Å². The quantitative estimate of drug-likeness (QED) is 0.677. The highest BCUT2D eigenvalue weighted by Crippen LogP contribution is 2.40. The van der Waals surface area contributed by atoms with E-state index in [1.54, 1.807) is 0 Å². The minimum Gasteiger partial charge on any atom is -0.352 e. The number of hydrogen-bond acceptors (Lipinski definition) is 2. The van der Waals surface area contributed by atoms with Gasteiger partial charge in [-0.3, -0.25) is 4.98 Å². The highest BCUT2D eigenvalue weighted by molar-refractivity contribution is 7.80. The second-order valence-corrected chi connectivity index (χ2v) is 7.60. The van der Waals surface area contributed by atoms with Crippen molar-refractivity contribution >= 4 is 17.3 Å². The van der Waals surface area contributed by atoms with Gasteiger partial charge in [-0.15, -0.1) is 0 Å². The van der Waals surface area contributed by atoms with Gasteiger partial charge >= 0.3 is 0 Å². The Morgan fingerprint density at radius 1 is 1.04 bits per heavy atom. The van der Waals surface area contributed by atoms with Gasteiger partial charge in [-0.25, -0.2) is 0 Å². The van der Waals surface area contributed by atoms with Crippen LogP contribution in [0.5, 0.6) is 0 Å². The lowest BCUT2D eigenvalue weighted by molar-refractivity contribution is 0.262. The fraction of sp³-hybridized carbons (Fsp3) is 0.273. The third-order valence-electron chi connectivity index (χ3n) is 5.15. The van der Waals surface area contributed by atoms with Crippen LogP contribution in [0.2, 0.25) is 0 Å². The van der Waals surface area contributed by atoms with E-state index in [0.29, 0.717) is 0 Å². The predicted molar refractivity (Wildman–Crippen MR) is 113 cm³/mol. The first-order valence-corrected chi connectivity index (χ1v) is 9.72. The summed E-state index contributed by atoms with van der Waals surface area (Å²) < 4.78 is 2.28. The van der Waals surface area contributed by atoms with Crippen molar-refractivity contribution in [3.63, 3.8) is 0 Å². The van der Waals surface area contributed by atoms with Gasteiger partial charge in [-0.1, -0.05) is 24.3 Å². The van der Waals surface area contributed by atoms with Crippen molar-refractivity contribution in [1.29, 1.82) is 0 Å². The third-order valence-corrected chi connectivity index (χ3v) is 5.48. The number of para-hydroxylation sites is 1. The molecule has 4 rings (SSSR count). The minimum absolute atomic E-state index is 0.0127. The van der Waals surface area contributed by atoms with Gasteiger partial charge in [0.15, 0.2) is 5.11 Å². The van der Waals surface area contributed by atoms with E-state index < -0.39 is 0 Å². The molecular formula is C22H24N4S. The van der Waals surface area contributed by atoms with Crippen LogP contribution in [0, 0.1) is 6.92 Å². The van der Waals surface area contributed by atoms with Gasteiger partial charge in [0, 0.05) is 29.8 Å². The normalized spacial score (nSPS) is 19.6. The zero-order valence-electron chi connectivity index (χ0n) is 15.8. The van der Waals surface area contributed by atoms with Crippen molar-refractivity contribution in [1.82, 2.24) is 19.8 Å². The Bertz CT molecular complexity index is 948. The van der Waals surface area contributed by atoms with Crippen LogP contribution in [0.3, 0.4) is 0 Å². The molecule has 0 bridgehead atoms. The summed E-state index contributed by atoms with van der Waals surface area (Å²) in [6.07, 6.45) is 3.97. The summed E-state index contributed by atoms with van der Waals surface area (Å²) in [5.74, 6) is 0. The maximum absolute atomic E-state index is 5.71. The number of aryl methyl sites for hydroxylation is 1. The highest BCUT2D eigenvalue weighted by Gasteiger charge is 2.42. The molecule has 0 spiro atoms. The Morgan fingerprint density at radius 3 is 2.52 bits per heavy atom. The number of nitrogens with zero attached hydrogens (tertiary/aromatic N) is 3. The average molecular weight is 377 g/mol. The Kier molecular flexibility index (Phi) is 4.70. The van der Waals surface area contributed by atoms with Gasteiger partial charge in [0.05, 0.1) is 17.8 Å². The zero-order chi connectivity index (χ0) is 19.0. The van der Waals surface area contributed by atoms with Gasteiger partial charge in [0.2, 0.25) is 0 Å². The molecule has 27 heavy (non-hydrogen) atoms. The largest absolute Gasteiger partial charge is 0.352 e. The van der Waals surface area contributed by atoms with Crippen LogP contribution in [0.4, 0.5) is 0 Å². The van der Waals surface area contributed by atoms with Gasteiger partial charge in [-0.2, -0.15) is 0 Å². The van der Waals surface area contributed by atoms with E-state index in [1.807, 2.05) is 18.3 Å². The maximum atomic E-state index is 5.71. The van der Waals surface area contributed by atoms with Crippen LogP contribution in [0.1, 0.15) is 42.9 Å². The molecule has 1 aliphatic rings. The summed E-state index contributed by atoms with van der Waals surface area (Å²) in [5, 5.41) is 4.30. The van der Waals surface area contributed by atoms with Crippen molar-refractivity contribution < 1.29 is 0 Å². The molecule has 0 aliphatic carbocycles. The lowest BCUT2D eigenvalue weighted by Gasteiger charge is -2.32. The number of thiocarbonyl (C=S) groups is 1. The first kappa shape index (κ1) is 17.7. The number of nitrogens with one attached hydrogen (secondary N) is 1. The molecule has 1 aliphatic heterocycles. The van der Waals surface area contributed by atoms with E-state index in [2.05, 4.69) is 89.2 Å². The SMILES string of the molecule is Cc1ccccc1-n1cccc1[C@@H]1[C@H](c2ccccn2)NC(=S)N1C(C)C. The maximum Gasteiger partial charge on any atom is 0.170 e. The molecule has 0 radical (unpaired) electrons. The second kappa shape index (κ2) is 7.16. The van der Waals surface area contributed by atoms with Crippen molar-refractivity contribution in [2.24, 2.45) is 0 Å². The van der Waals surface area contributed by atoms with Crippen LogP contribution < -0.4 is 5.32 Å². The first-order valence-electron chi connectivity index (χ1n) is 9.31. The minimum atomic E-state index is 0.0127. The highest BCUT2D eigenvalue weighted by atomic mass is 32.1. The monoisotopic (exact) mass is 376 g/mol. The molecule has 3 aromatic rings. The third kappa shape index (κ3) is 3.12. The van der Waals surface area contributed by atoms with Crippen molar-refractivity contribution in [2.45, 2.75) is 38.9 Å². The molecule has 1 aromatic carbocycles. The number of rotatable bonds is 4. The van der Waals surface area contributed by atoms with E-state index in [1.165, 1.54) is 16.9 Å². The lowest BCUT2D eigenvalue weighted by atomic mass is 10.00. The molecule has 2 atom stereocenters. The summed E-state index contributed by atoms with van der Waals surface area (Å²) in [4.78, 5) is 6.90. The molecule has 1 saturated heterocycles. The molecule has 1 fully saturated rings. The summed E-state index contributed by atoms with van der Waals surface area (Å²) in [6.45, 7) is 6.51. The molecular weight excluding hydrogens is 352 g/mol. The fourth-order valence-electron chi connectivity index (χ4n) is 3.93. The molecule has 4 nitrogen and oxygen atoms in total. The molecule has 138 valence electrons. The molecule has 0 unspecified atom stereocenters. The number of pyridine rings is 1. The van der Waals surface area contributed by atoms with Crippen molar-refractivity contribution in [3.8, 4) is 5.69 Å². The predicted octanol–water partition coefficient (Wildman–Crippen LogP) is 4.56. The smallest absolute Gasteiger partial charge is 0.170 e. The van der Waals surface area contributed by atoms with E-state index in [4.69, 9.17) is 12.2 Å². The van der Waals surface area contributed by atoms with E-state index in [-0.39, 0.29) is 18.1 Å². The van der Waals surface area contributed by atoms with Crippen LogP contribution in [-0.4, -0.2) is 25.6 Å². The van der Waals surface area contributed by atoms with Gasteiger partial charge in [-0.05, 0) is 68.9 Å². The fourth-order valence-corrected chi connectivity index (χ4v) is 4.38. The van der Waals surface area contributed by atoms with E-state index in [9.17, 15) is 0 Å². The summed E-state index contributed by atoms with van der Waals surface area (Å²) in [6, 6.07) is 19.2. The molecule has 2 aromatic heterocycles. The standard InChI is InChI=1S/C22H24N4S/c1-15(2)26-21(20(24-22(26)27)17-10-6-7-13-23-17)19-12-8-14-25(19)18-11-5-4-9-16(18)3/h4-15,20-21H,1-3H3,(H,24,27)/t20-,21+/m0/s1. The number of benzene rings is 1. The van der Waals surface area contributed by atoms with Crippen molar-refractivity contribution in [2.75, 3.05) is 0 Å². The van der Waals surface area contributed by atoms with E-state index in [0.717, 1.165) is 10.8 Å². The zero-order valence-corrected chi connectivity index (χ0v) is 16.6. The summed E-state index contributed by atoms with van der Waals surface area (Å²) >= 11 is 5.71. The van der Waals surface area contributed by atoms with Crippen LogP contribution in [-0.2, 0) is 0 Å². The Labute approximate surface area is 165 Å². The van der Waals surface area contributed by atoms with Gasteiger partial charge < -0.3 is 14.8 Å². The Morgan fingerprint density at radius 2 is 1.81 bits per heavy atom. The lowest BCUT2D eigenvalue weighted by Crippen LogP contribution is -2.36. The van der Waals surface area contributed by atoms with Crippen LogP contribution >= 0.6 is 12.2 Å². The number of aromatic nitrogens is 2.